The van der Waals surface area contributed by atoms with Crippen molar-refractivity contribution in [1.29, 1.82) is 0 Å². The lowest BCUT2D eigenvalue weighted by Gasteiger charge is -1.94. The van der Waals surface area contributed by atoms with Gasteiger partial charge in [-0.15, -0.1) is 0 Å². The highest BCUT2D eigenvalue weighted by Gasteiger charge is 2.03. The minimum absolute atomic E-state index is 0.0139. The van der Waals surface area contributed by atoms with Gasteiger partial charge in [-0.05, 0) is 6.92 Å². The normalized spacial score (nSPS) is 10.5. The van der Waals surface area contributed by atoms with Crippen LogP contribution in [-0.4, -0.2) is 22.1 Å². The van der Waals surface area contributed by atoms with Crippen molar-refractivity contribution in [3.63, 3.8) is 0 Å². The van der Waals surface area contributed by atoms with Gasteiger partial charge < -0.3 is 4.55 Å². The van der Waals surface area contributed by atoms with Gasteiger partial charge in [-0.2, -0.15) is 9.36 Å². The summed E-state index contributed by atoms with van der Waals surface area (Å²) in [4.78, 5) is 11.1. The number of aryl methyl sites for hydroxylation is 2. The van der Waals surface area contributed by atoms with Crippen molar-refractivity contribution in [3.05, 3.63) is 28.4 Å². The van der Waals surface area contributed by atoms with Gasteiger partial charge in [0.15, 0.2) is 0 Å². The monoisotopic (exact) mass is 236 g/mol. The second-order valence-electron chi connectivity index (χ2n) is 2.84. The highest BCUT2D eigenvalue weighted by Crippen LogP contribution is 1.84. The summed E-state index contributed by atoms with van der Waals surface area (Å²) in [6.07, 6.45) is 1.76. The van der Waals surface area contributed by atoms with E-state index in [9.17, 15) is 4.79 Å². The molecule has 1 N–H and O–H groups in total. The molecule has 1 aromatic rings. The highest BCUT2D eigenvalue weighted by molar-refractivity contribution is 7.79. The molecular weight excluding hydrogens is 224 g/mol. The van der Waals surface area contributed by atoms with E-state index in [1.807, 2.05) is 13.0 Å². The van der Waals surface area contributed by atoms with Gasteiger partial charge in [0.2, 0.25) is 10.4 Å². The van der Waals surface area contributed by atoms with Crippen molar-refractivity contribution in [3.8, 4) is 0 Å². The molecule has 0 saturated carbocycles. The molecule has 0 amide bonds. The first-order valence-electron chi connectivity index (χ1n) is 3.83. The number of aromatic nitrogens is 2. The highest BCUT2D eigenvalue weighted by atomic mass is 32.3. The minimum atomic E-state index is -4.92. The molecule has 0 fully saturated rings. The van der Waals surface area contributed by atoms with Gasteiger partial charge in [-0.25, -0.2) is 13.0 Å². The summed E-state index contributed by atoms with van der Waals surface area (Å²) in [5, 5.41) is 0. The summed E-state index contributed by atoms with van der Waals surface area (Å²) in [7, 11) is -1.42. The van der Waals surface area contributed by atoms with E-state index in [1.165, 1.54) is 0 Å². The van der Waals surface area contributed by atoms with E-state index in [0.717, 1.165) is 5.69 Å². The van der Waals surface area contributed by atoms with E-state index in [-0.39, 0.29) is 5.69 Å². The van der Waals surface area contributed by atoms with Crippen LogP contribution < -0.4 is 10.3 Å². The van der Waals surface area contributed by atoms with E-state index in [1.54, 1.807) is 29.4 Å². The number of nitrogens with zero attached hydrogens (tertiary/aromatic N) is 2. The fourth-order valence-corrected chi connectivity index (χ4v) is 0.783. The topological polar surface area (TPSA) is 103 Å². The van der Waals surface area contributed by atoms with Crippen LogP contribution in [0.4, 0.5) is 0 Å². The molecule has 0 bridgehead atoms. The van der Waals surface area contributed by atoms with Crippen LogP contribution in [-0.2, 0) is 24.5 Å². The van der Waals surface area contributed by atoms with Crippen LogP contribution in [0, 0.1) is 6.92 Å². The van der Waals surface area contributed by atoms with Crippen molar-refractivity contribution in [2.24, 2.45) is 14.1 Å². The maximum Gasteiger partial charge on any atom is 0.497 e. The van der Waals surface area contributed by atoms with Crippen LogP contribution in [0.3, 0.4) is 0 Å². The van der Waals surface area contributed by atoms with Gasteiger partial charge in [0.05, 0.1) is 20.3 Å². The van der Waals surface area contributed by atoms with Crippen LogP contribution in [0.1, 0.15) is 5.69 Å². The summed E-state index contributed by atoms with van der Waals surface area (Å²) in [6, 6.07) is 1.90. The average Bonchev–Trinajstić information content (AvgIpc) is 2.05. The largest absolute Gasteiger partial charge is 0.726 e. The molecule has 0 saturated heterocycles. The zero-order valence-electron chi connectivity index (χ0n) is 8.54. The molecule has 0 radical (unpaired) electrons. The molecule has 0 spiro atoms. The van der Waals surface area contributed by atoms with Crippen molar-refractivity contribution in [2.45, 2.75) is 6.92 Å². The third-order valence-corrected chi connectivity index (χ3v) is 1.66. The Kier molecular flexibility index (Phi) is 4.59. The second kappa shape index (κ2) is 5.01. The van der Waals surface area contributed by atoms with E-state index in [2.05, 4.69) is 0 Å². The maximum atomic E-state index is 11.1. The van der Waals surface area contributed by atoms with E-state index >= 15 is 0 Å². The SMILES string of the molecule is Cc1cc[n+](C)c(=O)n1C.O=S(=O)([O-])O. The predicted molar refractivity (Wildman–Crippen MR) is 49.9 cm³/mol. The van der Waals surface area contributed by atoms with E-state index < -0.39 is 10.4 Å². The standard InChI is InChI=1S/C7H11N2O.H2O4S/c1-6-4-5-8(2)7(10)9(6)3;1-5(2,3)4/h4-5H,1-3H3;(H2,1,2,3,4)/q+1;/p-1. The third kappa shape index (κ3) is 5.94. The van der Waals surface area contributed by atoms with Crippen molar-refractivity contribution >= 4 is 10.4 Å². The lowest BCUT2D eigenvalue weighted by Crippen LogP contribution is -2.50. The summed E-state index contributed by atoms with van der Waals surface area (Å²) >= 11 is 0. The maximum absolute atomic E-state index is 11.1. The van der Waals surface area contributed by atoms with Gasteiger partial charge in [0, 0.05) is 6.07 Å². The first kappa shape index (κ1) is 13.8. The molecule has 0 aliphatic heterocycles. The van der Waals surface area contributed by atoms with Crippen LogP contribution in [0.25, 0.3) is 0 Å². The summed E-state index contributed by atoms with van der Waals surface area (Å²) in [5.74, 6) is 0. The van der Waals surface area contributed by atoms with Gasteiger partial charge >= 0.3 is 5.69 Å². The smallest absolute Gasteiger partial charge is 0.497 e. The van der Waals surface area contributed by atoms with Crippen LogP contribution in [0.2, 0.25) is 0 Å². The Hall–Kier alpha value is -1.25. The zero-order valence-corrected chi connectivity index (χ0v) is 9.35. The molecular formula is C7H12N2O5S. The Morgan fingerprint density at radius 1 is 1.53 bits per heavy atom. The third-order valence-electron chi connectivity index (χ3n) is 1.66. The first-order valence-corrected chi connectivity index (χ1v) is 5.20. The Balaban J connectivity index is 0.000000336. The lowest BCUT2D eigenvalue weighted by atomic mass is 10.4. The van der Waals surface area contributed by atoms with Gasteiger partial charge in [-0.3, -0.25) is 4.55 Å². The molecule has 1 rings (SSSR count). The molecule has 0 aromatic carbocycles. The van der Waals surface area contributed by atoms with Crippen LogP contribution in [0.5, 0.6) is 0 Å². The number of hydrogen-bond donors (Lipinski definition) is 1. The fourth-order valence-electron chi connectivity index (χ4n) is 0.783. The predicted octanol–water partition coefficient (Wildman–Crippen LogP) is -1.48. The summed E-state index contributed by atoms with van der Waals surface area (Å²) in [6.45, 7) is 1.90. The Bertz CT molecular complexity index is 483. The van der Waals surface area contributed by atoms with Crippen LogP contribution in [0.15, 0.2) is 17.1 Å². The molecule has 0 unspecified atom stereocenters. The van der Waals surface area contributed by atoms with Crippen molar-refractivity contribution < 1.29 is 22.1 Å². The first-order chi connectivity index (χ1) is 6.63. The Morgan fingerprint density at radius 2 is 1.93 bits per heavy atom. The second-order valence-corrected chi connectivity index (χ2v) is 3.69. The molecule has 7 nitrogen and oxygen atoms in total. The molecule has 86 valence electrons. The fraction of sp³-hybridized carbons (Fsp3) is 0.429. The average molecular weight is 236 g/mol. The summed E-state index contributed by atoms with van der Waals surface area (Å²) in [5.41, 5.74) is 0.989. The van der Waals surface area contributed by atoms with Gasteiger partial charge in [0.1, 0.15) is 5.69 Å². The molecule has 0 aliphatic carbocycles. The molecule has 1 heterocycles. The Morgan fingerprint density at radius 3 is 2.27 bits per heavy atom. The van der Waals surface area contributed by atoms with Crippen molar-refractivity contribution in [2.75, 3.05) is 0 Å². The molecule has 0 aliphatic rings. The van der Waals surface area contributed by atoms with Gasteiger partial charge in [0.25, 0.3) is 0 Å². The number of hydrogen-bond acceptors (Lipinski definition) is 4. The van der Waals surface area contributed by atoms with Crippen molar-refractivity contribution in [1.82, 2.24) is 4.57 Å². The minimum Gasteiger partial charge on any atom is -0.726 e. The van der Waals surface area contributed by atoms with Gasteiger partial charge in [-0.1, -0.05) is 0 Å². The Labute approximate surface area is 87.2 Å². The quantitative estimate of drug-likeness (QED) is 0.336. The molecule has 8 heteroatoms. The van der Waals surface area contributed by atoms with E-state index in [4.69, 9.17) is 17.5 Å². The summed E-state index contributed by atoms with van der Waals surface area (Å²) < 4.78 is 36.0. The van der Waals surface area contributed by atoms with E-state index in [0.29, 0.717) is 0 Å². The molecule has 15 heavy (non-hydrogen) atoms. The lowest BCUT2D eigenvalue weighted by molar-refractivity contribution is -0.691. The number of rotatable bonds is 0. The van der Waals surface area contributed by atoms with Crippen LogP contribution >= 0.6 is 0 Å². The molecule has 0 atom stereocenters. The zero-order chi connectivity index (χ0) is 12.2. The molecule has 1 aromatic heterocycles.